The molecule has 0 bridgehead atoms. The maximum absolute atomic E-state index is 11.1. The van der Waals surface area contributed by atoms with Crippen LogP contribution in [0.25, 0.3) is 111 Å². The van der Waals surface area contributed by atoms with Gasteiger partial charge in [0.25, 0.3) is 0 Å². The molecule has 310 valence electrons. The van der Waals surface area contributed by atoms with E-state index in [-0.39, 0.29) is 0 Å². The van der Waals surface area contributed by atoms with Crippen molar-refractivity contribution in [3.63, 3.8) is 0 Å². The van der Waals surface area contributed by atoms with E-state index in [1.807, 2.05) is 48.5 Å². The highest BCUT2D eigenvalue weighted by Crippen LogP contribution is 2.44. The van der Waals surface area contributed by atoms with Gasteiger partial charge in [-0.2, -0.15) is 5.26 Å². The zero-order chi connectivity index (χ0) is 44.3. The second-order valence-corrected chi connectivity index (χ2v) is 17.0. The Morgan fingerprint density at radius 2 is 0.788 bits per heavy atom. The van der Waals surface area contributed by atoms with Gasteiger partial charge in [0.05, 0.1) is 62.0 Å². The Labute approximate surface area is 382 Å². The number of fused-ring (bicyclic) bond motifs is 6. The summed E-state index contributed by atoms with van der Waals surface area (Å²) in [4.78, 5) is 11.0. The molecule has 0 aliphatic rings. The molecule has 3 heterocycles. The van der Waals surface area contributed by atoms with Crippen molar-refractivity contribution in [3.8, 4) is 73.6 Å². The van der Waals surface area contributed by atoms with Crippen LogP contribution in [0.5, 0.6) is 0 Å². The molecule has 3 aromatic heterocycles. The first-order valence-electron chi connectivity index (χ1n) is 22.3. The molecule has 5 heteroatoms. The number of hydrogen-bond donors (Lipinski definition) is 0. The molecule has 0 spiro atoms. The minimum absolute atomic E-state index is 0.524. The van der Waals surface area contributed by atoms with Crippen molar-refractivity contribution in [1.82, 2.24) is 19.1 Å². The molecule has 0 aliphatic carbocycles. The first kappa shape index (κ1) is 38.8. The molecular weight excluding hydrogens is 803 g/mol. The summed E-state index contributed by atoms with van der Waals surface area (Å²) in [5.41, 5.74) is 17.7. The summed E-state index contributed by atoms with van der Waals surface area (Å²) in [5, 5.41) is 15.5. The number of nitrogens with zero attached hydrogens (tertiary/aromatic N) is 5. The number of rotatable bonds is 7. The highest BCUT2D eigenvalue weighted by molar-refractivity contribution is 6.13. The van der Waals surface area contributed by atoms with Gasteiger partial charge >= 0.3 is 0 Å². The third kappa shape index (κ3) is 6.38. The molecule has 0 atom stereocenters. The van der Waals surface area contributed by atoms with Crippen molar-refractivity contribution in [2.24, 2.45) is 0 Å². The van der Waals surface area contributed by atoms with Gasteiger partial charge in [-0.05, 0) is 102 Å². The van der Waals surface area contributed by atoms with Crippen LogP contribution < -0.4 is 0 Å². The summed E-state index contributed by atoms with van der Waals surface area (Å²) in [6.45, 7) is 4.32. The predicted octanol–water partition coefficient (Wildman–Crippen LogP) is 15.5. The standard InChI is InChI=1S/C61H41N5/c1-39-17-9-11-23-46(39)44-29-31-56-50(35-44)48-25-13-15-27-54(48)65(56)58-33-41(38-62)34-59(60(58)61-63-52(42-19-5-3-6-20-42)37-53(64-61)43-21-7-4-8-22-43)66-55-28-16-14-26-49(55)51-36-45(30-32-57(51)66)47-24-12-10-18-40(47)2/h3-37H,1-2H3. The lowest BCUT2D eigenvalue weighted by Gasteiger charge is -2.21. The largest absolute Gasteiger partial charge is 0.308 e. The molecule has 0 aliphatic heterocycles. The summed E-state index contributed by atoms with van der Waals surface area (Å²) in [7, 11) is 0. The maximum atomic E-state index is 11.1. The van der Waals surface area contributed by atoms with Crippen LogP contribution in [0.3, 0.4) is 0 Å². The molecule has 0 amide bonds. The Kier molecular flexibility index (Phi) is 9.25. The normalized spacial score (nSPS) is 11.5. The molecule has 0 saturated carbocycles. The minimum atomic E-state index is 0.524. The van der Waals surface area contributed by atoms with Gasteiger partial charge in [0, 0.05) is 32.7 Å². The van der Waals surface area contributed by atoms with E-state index in [1.165, 1.54) is 22.3 Å². The average molecular weight is 844 g/mol. The van der Waals surface area contributed by atoms with Gasteiger partial charge in [0.1, 0.15) is 0 Å². The number of aryl methyl sites for hydroxylation is 2. The van der Waals surface area contributed by atoms with Crippen LogP contribution >= 0.6 is 0 Å². The molecule has 0 unspecified atom stereocenters. The molecule has 0 saturated heterocycles. The first-order valence-corrected chi connectivity index (χ1v) is 22.3. The van der Waals surface area contributed by atoms with Gasteiger partial charge in [-0.3, -0.25) is 0 Å². The summed E-state index contributed by atoms with van der Waals surface area (Å²) < 4.78 is 4.63. The smallest absolute Gasteiger partial charge is 0.164 e. The number of hydrogen-bond acceptors (Lipinski definition) is 3. The van der Waals surface area contributed by atoms with Crippen LogP contribution in [0.4, 0.5) is 0 Å². The quantitative estimate of drug-likeness (QED) is 0.161. The summed E-state index contributed by atoms with van der Waals surface area (Å²) >= 11 is 0. The van der Waals surface area contributed by atoms with Gasteiger partial charge in [-0.15, -0.1) is 0 Å². The summed E-state index contributed by atoms with van der Waals surface area (Å²) in [5.74, 6) is 0.551. The fourth-order valence-electron chi connectivity index (χ4n) is 9.92. The van der Waals surface area contributed by atoms with Gasteiger partial charge in [-0.25, -0.2) is 9.97 Å². The number of benzene rings is 9. The zero-order valence-electron chi connectivity index (χ0n) is 36.4. The molecule has 9 aromatic carbocycles. The maximum Gasteiger partial charge on any atom is 0.164 e. The lowest BCUT2D eigenvalue weighted by atomic mass is 9.98. The van der Waals surface area contributed by atoms with Crippen LogP contribution in [-0.4, -0.2) is 19.1 Å². The highest BCUT2D eigenvalue weighted by atomic mass is 15.0. The van der Waals surface area contributed by atoms with Crippen molar-refractivity contribution in [2.45, 2.75) is 13.8 Å². The molecule has 0 radical (unpaired) electrons. The van der Waals surface area contributed by atoms with Gasteiger partial charge in [-0.1, -0.05) is 158 Å². The fraction of sp³-hybridized carbons (Fsp3) is 0.0328. The number of nitriles is 1. The fourth-order valence-corrected chi connectivity index (χ4v) is 9.92. The Morgan fingerprint density at radius 1 is 0.379 bits per heavy atom. The second kappa shape index (κ2) is 15.7. The van der Waals surface area contributed by atoms with E-state index in [1.54, 1.807) is 0 Å². The lowest BCUT2D eigenvalue weighted by Crippen LogP contribution is -2.07. The predicted molar refractivity (Wildman–Crippen MR) is 272 cm³/mol. The van der Waals surface area contributed by atoms with Gasteiger partial charge in [0.15, 0.2) is 5.82 Å². The van der Waals surface area contributed by atoms with Crippen LogP contribution in [0.1, 0.15) is 16.7 Å². The van der Waals surface area contributed by atoms with Gasteiger partial charge < -0.3 is 9.13 Å². The first-order chi connectivity index (χ1) is 32.5. The van der Waals surface area contributed by atoms with Crippen LogP contribution in [-0.2, 0) is 0 Å². The monoisotopic (exact) mass is 843 g/mol. The van der Waals surface area contributed by atoms with Crippen LogP contribution in [0.2, 0.25) is 0 Å². The van der Waals surface area contributed by atoms with Crippen molar-refractivity contribution in [1.29, 1.82) is 5.26 Å². The highest BCUT2D eigenvalue weighted by Gasteiger charge is 2.26. The molecule has 12 aromatic rings. The van der Waals surface area contributed by atoms with Crippen molar-refractivity contribution in [2.75, 3.05) is 0 Å². The number of para-hydroxylation sites is 2. The lowest BCUT2D eigenvalue weighted by molar-refractivity contribution is 1.10. The van der Waals surface area contributed by atoms with Crippen molar-refractivity contribution in [3.05, 3.63) is 229 Å². The molecule has 0 fully saturated rings. The molecule has 0 N–H and O–H groups in total. The molecule has 12 rings (SSSR count). The van der Waals surface area contributed by atoms with E-state index >= 15 is 0 Å². The molecule has 5 nitrogen and oxygen atoms in total. The second-order valence-electron chi connectivity index (χ2n) is 17.0. The van der Waals surface area contributed by atoms with Crippen molar-refractivity contribution < 1.29 is 0 Å². The van der Waals surface area contributed by atoms with Crippen LogP contribution in [0, 0.1) is 25.2 Å². The molecular formula is C61H41N5. The minimum Gasteiger partial charge on any atom is -0.308 e. The van der Waals surface area contributed by atoms with E-state index in [2.05, 4.69) is 193 Å². The Bertz CT molecular complexity index is 3660. The zero-order valence-corrected chi connectivity index (χ0v) is 36.4. The number of aromatic nitrogens is 4. The van der Waals surface area contributed by atoms with E-state index in [0.29, 0.717) is 11.4 Å². The Balaban J connectivity index is 1.23. The van der Waals surface area contributed by atoms with Gasteiger partial charge in [0.2, 0.25) is 0 Å². The van der Waals surface area contributed by atoms with E-state index < -0.39 is 0 Å². The van der Waals surface area contributed by atoms with E-state index in [0.717, 1.165) is 94.2 Å². The van der Waals surface area contributed by atoms with E-state index in [9.17, 15) is 5.26 Å². The molecule has 66 heavy (non-hydrogen) atoms. The topological polar surface area (TPSA) is 59.4 Å². The van der Waals surface area contributed by atoms with Crippen LogP contribution in [0.15, 0.2) is 212 Å². The van der Waals surface area contributed by atoms with E-state index in [4.69, 9.17) is 9.97 Å². The third-order valence-electron chi connectivity index (χ3n) is 13.1. The summed E-state index contributed by atoms with van der Waals surface area (Å²) in [6, 6.07) is 77.0. The Morgan fingerprint density at radius 3 is 1.24 bits per heavy atom. The average Bonchev–Trinajstić information content (AvgIpc) is 3.88. The van der Waals surface area contributed by atoms with Crippen molar-refractivity contribution >= 4 is 43.6 Å². The SMILES string of the molecule is Cc1ccccc1-c1ccc2c(c1)c1ccccc1n2-c1cc(C#N)cc(-n2c3ccccc3c3cc(-c4ccccc4C)ccc32)c1-c1nc(-c2ccccc2)cc(-c2ccccc2)n1. The summed E-state index contributed by atoms with van der Waals surface area (Å²) in [6.07, 6.45) is 0. The Hall–Kier alpha value is -8.85. The third-order valence-corrected chi connectivity index (χ3v) is 13.1.